The minimum Gasteiger partial charge on any atom is -0.454 e. The van der Waals surface area contributed by atoms with Crippen LogP contribution in [0, 0.1) is 0 Å². The van der Waals surface area contributed by atoms with Crippen LogP contribution in [-0.4, -0.2) is 13.3 Å². The quantitative estimate of drug-likeness (QED) is 0.877. The molecule has 1 atom stereocenters. The predicted molar refractivity (Wildman–Crippen MR) is 83.7 cm³/mol. The van der Waals surface area contributed by atoms with Crippen molar-refractivity contribution in [2.45, 2.75) is 25.8 Å². The predicted octanol–water partition coefficient (Wildman–Crippen LogP) is 3.70. The zero-order valence-electron chi connectivity index (χ0n) is 12.3. The molecule has 1 heterocycles. The molecule has 0 saturated carbocycles. The van der Waals surface area contributed by atoms with Crippen LogP contribution in [0.1, 0.15) is 30.5 Å². The van der Waals surface area contributed by atoms with E-state index >= 15 is 0 Å². The summed E-state index contributed by atoms with van der Waals surface area (Å²) in [5.74, 6) is 1.69. The number of rotatable bonds is 6. The average Bonchev–Trinajstić information content (AvgIpc) is 3.00. The molecule has 2 aromatic carbocycles. The topological polar surface area (TPSA) is 30.5 Å². The highest BCUT2D eigenvalue weighted by Crippen LogP contribution is 2.34. The molecule has 21 heavy (non-hydrogen) atoms. The molecule has 0 spiro atoms. The smallest absolute Gasteiger partial charge is 0.231 e. The van der Waals surface area contributed by atoms with Crippen molar-refractivity contribution in [3.05, 3.63) is 59.7 Å². The highest BCUT2D eigenvalue weighted by molar-refractivity contribution is 5.45. The van der Waals surface area contributed by atoms with Crippen molar-refractivity contribution in [1.29, 1.82) is 0 Å². The molecule has 1 aliphatic rings. The summed E-state index contributed by atoms with van der Waals surface area (Å²) in [4.78, 5) is 0. The Labute approximate surface area is 125 Å². The number of hydrogen-bond donors (Lipinski definition) is 1. The molecular weight excluding hydrogens is 262 g/mol. The molecule has 0 fully saturated rings. The fraction of sp³-hybridized carbons (Fsp3) is 0.333. The SMILES string of the molecule is CCCNC(Cc1ccccc1)c1ccc2c(c1)OCO2. The van der Waals surface area contributed by atoms with E-state index in [1.165, 1.54) is 11.1 Å². The summed E-state index contributed by atoms with van der Waals surface area (Å²) in [6.45, 7) is 3.52. The van der Waals surface area contributed by atoms with E-state index in [1.807, 2.05) is 6.07 Å². The maximum absolute atomic E-state index is 5.49. The molecule has 3 heteroatoms. The zero-order valence-corrected chi connectivity index (χ0v) is 12.3. The van der Waals surface area contributed by atoms with Gasteiger partial charge in [0.25, 0.3) is 0 Å². The van der Waals surface area contributed by atoms with Gasteiger partial charge in [0.05, 0.1) is 0 Å². The molecule has 3 nitrogen and oxygen atoms in total. The molecule has 3 rings (SSSR count). The van der Waals surface area contributed by atoms with Gasteiger partial charge in [0.2, 0.25) is 6.79 Å². The van der Waals surface area contributed by atoms with Gasteiger partial charge in [-0.1, -0.05) is 43.3 Å². The van der Waals surface area contributed by atoms with E-state index in [2.05, 4.69) is 54.7 Å². The number of benzene rings is 2. The first-order valence-corrected chi connectivity index (χ1v) is 7.53. The standard InChI is InChI=1S/C18H21NO2/c1-2-10-19-16(11-14-6-4-3-5-7-14)15-8-9-17-18(12-15)21-13-20-17/h3-9,12,16,19H,2,10-11,13H2,1H3. The van der Waals surface area contributed by atoms with Crippen LogP contribution in [-0.2, 0) is 6.42 Å². The third kappa shape index (κ3) is 3.37. The molecule has 0 aliphatic carbocycles. The lowest BCUT2D eigenvalue weighted by atomic mass is 9.98. The number of nitrogens with one attached hydrogen (secondary N) is 1. The van der Waals surface area contributed by atoms with E-state index in [0.717, 1.165) is 30.9 Å². The van der Waals surface area contributed by atoms with Crippen LogP contribution in [0.2, 0.25) is 0 Å². The largest absolute Gasteiger partial charge is 0.454 e. The normalized spacial score (nSPS) is 14.1. The monoisotopic (exact) mass is 283 g/mol. The number of ether oxygens (including phenoxy) is 2. The Morgan fingerprint density at radius 1 is 1.05 bits per heavy atom. The Kier molecular flexibility index (Phi) is 4.41. The lowest BCUT2D eigenvalue weighted by molar-refractivity contribution is 0.174. The van der Waals surface area contributed by atoms with Gasteiger partial charge in [-0.15, -0.1) is 0 Å². The van der Waals surface area contributed by atoms with Gasteiger partial charge in [-0.2, -0.15) is 0 Å². The minimum atomic E-state index is 0.293. The van der Waals surface area contributed by atoms with Crippen molar-refractivity contribution in [3.8, 4) is 11.5 Å². The van der Waals surface area contributed by atoms with Crippen LogP contribution in [0.5, 0.6) is 11.5 Å². The summed E-state index contributed by atoms with van der Waals surface area (Å²) in [5, 5.41) is 3.63. The Hall–Kier alpha value is -2.00. The molecule has 0 saturated heterocycles. The second kappa shape index (κ2) is 6.64. The Morgan fingerprint density at radius 2 is 1.86 bits per heavy atom. The van der Waals surface area contributed by atoms with Gasteiger partial charge in [0, 0.05) is 6.04 Å². The highest BCUT2D eigenvalue weighted by Gasteiger charge is 2.18. The van der Waals surface area contributed by atoms with Crippen LogP contribution in [0.25, 0.3) is 0 Å². The van der Waals surface area contributed by atoms with E-state index in [0.29, 0.717) is 12.8 Å². The molecule has 0 amide bonds. The zero-order chi connectivity index (χ0) is 14.5. The molecule has 1 unspecified atom stereocenters. The molecule has 1 aliphatic heterocycles. The van der Waals surface area contributed by atoms with Crippen LogP contribution in [0.15, 0.2) is 48.5 Å². The summed E-state index contributed by atoms with van der Waals surface area (Å²) < 4.78 is 10.9. The van der Waals surface area contributed by atoms with Crippen molar-refractivity contribution in [1.82, 2.24) is 5.32 Å². The molecule has 1 N–H and O–H groups in total. The third-order valence-electron chi connectivity index (χ3n) is 3.72. The minimum absolute atomic E-state index is 0.293. The van der Waals surface area contributed by atoms with Gasteiger partial charge in [-0.25, -0.2) is 0 Å². The van der Waals surface area contributed by atoms with Crippen molar-refractivity contribution < 1.29 is 9.47 Å². The van der Waals surface area contributed by atoms with Crippen molar-refractivity contribution in [3.63, 3.8) is 0 Å². The third-order valence-corrected chi connectivity index (χ3v) is 3.72. The van der Waals surface area contributed by atoms with E-state index in [-0.39, 0.29) is 0 Å². The lowest BCUT2D eigenvalue weighted by Crippen LogP contribution is -2.24. The Morgan fingerprint density at radius 3 is 2.67 bits per heavy atom. The number of fused-ring (bicyclic) bond motifs is 1. The van der Waals surface area contributed by atoms with Crippen LogP contribution in [0.4, 0.5) is 0 Å². The summed E-state index contributed by atoms with van der Waals surface area (Å²) in [6, 6.07) is 17.1. The van der Waals surface area contributed by atoms with E-state index in [1.54, 1.807) is 0 Å². The maximum atomic E-state index is 5.49. The summed E-state index contributed by atoms with van der Waals surface area (Å²) >= 11 is 0. The molecule has 0 bridgehead atoms. The molecule has 2 aromatic rings. The second-order valence-electron chi connectivity index (χ2n) is 5.31. The van der Waals surface area contributed by atoms with Gasteiger partial charge < -0.3 is 14.8 Å². The first-order valence-electron chi connectivity index (χ1n) is 7.53. The van der Waals surface area contributed by atoms with Gasteiger partial charge >= 0.3 is 0 Å². The molecule has 110 valence electrons. The van der Waals surface area contributed by atoms with Gasteiger partial charge in [0.1, 0.15) is 0 Å². The van der Waals surface area contributed by atoms with Crippen molar-refractivity contribution in [2.24, 2.45) is 0 Å². The van der Waals surface area contributed by atoms with Crippen molar-refractivity contribution in [2.75, 3.05) is 13.3 Å². The van der Waals surface area contributed by atoms with E-state index in [4.69, 9.17) is 9.47 Å². The van der Waals surface area contributed by atoms with Crippen LogP contribution >= 0.6 is 0 Å². The summed E-state index contributed by atoms with van der Waals surface area (Å²) in [7, 11) is 0. The second-order valence-corrected chi connectivity index (χ2v) is 5.31. The average molecular weight is 283 g/mol. The number of hydrogen-bond acceptors (Lipinski definition) is 3. The van der Waals surface area contributed by atoms with Gasteiger partial charge in [0.15, 0.2) is 11.5 Å². The fourth-order valence-electron chi connectivity index (χ4n) is 2.61. The molecule has 0 radical (unpaired) electrons. The van der Waals surface area contributed by atoms with Crippen LogP contribution < -0.4 is 14.8 Å². The van der Waals surface area contributed by atoms with Gasteiger partial charge in [-0.05, 0) is 42.6 Å². The Balaban J connectivity index is 1.81. The van der Waals surface area contributed by atoms with Crippen LogP contribution in [0.3, 0.4) is 0 Å². The van der Waals surface area contributed by atoms with Gasteiger partial charge in [-0.3, -0.25) is 0 Å². The summed E-state index contributed by atoms with van der Waals surface area (Å²) in [5.41, 5.74) is 2.58. The van der Waals surface area contributed by atoms with Crippen molar-refractivity contribution >= 4 is 0 Å². The fourth-order valence-corrected chi connectivity index (χ4v) is 2.61. The first-order chi connectivity index (χ1) is 10.4. The lowest BCUT2D eigenvalue weighted by Gasteiger charge is -2.19. The molecule has 0 aromatic heterocycles. The first kappa shape index (κ1) is 14.0. The van der Waals surface area contributed by atoms with E-state index in [9.17, 15) is 0 Å². The highest BCUT2D eigenvalue weighted by atomic mass is 16.7. The van der Waals surface area contributed by atoms with E-state index < -0.39 is 0 Å². The Bertz CT molecular complexity index is 583. The summed E-state index contributed by atoms with van der Waals surface area (Å²) in [6.07, 6.45) is 2.09. The molecular formula is C18H21NO2. The maximum Gasteiger partial charge on any atom is 0.231 e.